The molecule has 0 heterocycles. The first-order valence-electron chi connectivity index (χ1n) is 5.21. The van der Waals surface area contributed by atoms with Gasteiger partial charge in [-0.05, 0) is 24.1 Å². The molecule has 0 aliphatic carbocycles. The highest BCUT2D eigenvalue weighted by atomic mass is 79.9. The smallest absolute Gasteiger partial charge is 0.350 e. The second-order valence-corrected chi connectivity index (χ2v) is 4.10. The third-order valence-electron chi connectivity index (χ3n) is 2.55. The Hall–Kier alpha value is -1.61. The van der Waals surface area contributed by atoms with Crippen LogP contribution in [0.25, 0.3) is 11.1 Å². The van der Waals surface area contributed by atoms with Gasteiger partial charge in [-0.1, -0.05) is 48.0 Å². The van der Waals surface area contributed by atoms with E-state index >= 15 is 0 Å². The van der Waals surface area contributed by atoms with Gasteiger partial charge in [-0.25, -0.2) is 4.79 Å². The highest BCUT2D eigenvalue weighted by molar-refractivity contribution is 9.06. The molecule has 0 fully saturated rings. The maximum Gasteiger partial charge on any atom is 0.350 e. The molecule has 2 nitrogen and oxygen atoms in total. The third-order valence-corrected chi connectivity index (χ3v) is 2.84. The molecule has 0 saturated carbocycles. The number of benzene rings is 2. The third kappa shape index (κ3) is 2.56. The summed E-state index contributed by atoms with van der Waals surface area (Å²) >= 11 is 2.73. The molecule has 0 bridgehead atoms. The van der Waals surface area contributed by atoms with Crippen LogP contribution in [0.1, 0.15) is 15.9 Å². The lowest BCUT2D eigenvalue weighted by Gasteiger charge is -2.08. The second kappa shape index (κ2) is 5.15. The molecule has 0 saturated heterocycles. The molecule has 2 rings (SSSR count). The Kier molecular flexibility index (Phi) is 3.59. The Morgan fingerprint density at radius 1 is 1.12 bits per heavy atom. The molecule has 0 atom stereocenters. The van der Waals surface area contributed by atoms with Crippen molar-refractivity contribution in [1.82, 2.24) is 0 Å². The van der Waals surface area contributed by atoms with Gasteiger partial charge in [0.1, 0.15) is 0 Å². The number of carbonyl (C=O) groups is 1. The minimum absolute atomic E-state index is 0.385. The molecule has 0 radical (unpaired) electrons. The van der Waals surface area contributed by atoms with Gasteiger partial charge in [0, 0.05) is 0 Å². The van der Waals surface area contributed by atoms with E-state index in [-0.39, 0.29) is 5.97 Å². The summed E-state index contributed by atoms with van der Waals surface area (Å²) in [7, 11) is 0. The van der Waals surface area contributed by atoms with Crippen LogP contribution in [0.4, 0.5) is 0 Å². The Balaban J connectivity index is 2.59. The Bertz CT molecular complexity index is 535. The fraction of sp³-hybridized carbons (Fsp3) is 0.0714. The monoisotopic (exact) mass is 290 g/mol. The predicted octanol–water partition coefficient (Wildman–Crippen LogP) is 4.13. The van der Waals surface area contributed by atoms with Gasteiger partial charge in [0.05, 0.1) is 5.56 Å². The van der Waals surface area contributed by atoms with E-state index in [2.05, 4.69) is 20.1 Å². The molecular weight excluding hydrogens is 280 g/mol. The maximum absolute atomic E-state index is 11.6. The van der Waals surface area contributed by atoms with Gasteiger partial charge in [0.2, 0.25) is 0 Å². The summed E-state index contributed by atoms with van der Waals surface area (Å²) in [6.45, 7) is 2.00. The minimum atomic E-state index is -0.385. The largest absolute Gasteiger partial charge is 0.380 e. The lowest BCUT2D eigenvalue weighted by atomic mass is 9.98. The molecule has 86 valence electrons. The van der Waals surface area contributed by atoms with Crippen molar-refractivity contribution in [1.29, 1.82) is 0 Å². The van der Waals surface area contributed by atoms with Gasteiger partial charge < -0.3 is 3.83 Å². The molecule has 0 amide bonds. The molecule has 0 aliphatic heterocycles. The second-order valence-electron chi connectivity index (χ2n) is 3.78. The lowest BCUT2D eigenvalue weighted by Crippen LogP contribution is -2.01. The SMILES string of the molecule is Cc1ccc(C(=O)OBr)c(-c2ccccc2)c1. The molecule has 3 heteroatoms. The summed E-state index contributed by atoms with van der Waals surface area (Å²) in [6.07, 6.45) is 0. The maximum atomic E-state index is 11.6. The average Bonchev–Trinajstić information content (AvgIpc) is 2.39. The summed E-state index contributed by atoms with van der Waals surface area (Å²) in [5, 5.41) is 0. The first-order chi connectivity index (χ1) is 8.22. The Labute approximate surface area is 109 Å². The van der Waals surface area contributed by atoms with Gasteiger partial charge in [0.25, 0.3) is 0 Å². The summed E-state index contributed by atoms with van der Waals surface area (Å²) in [6, 6.07) is 15.4. The lowest BCUT2D eigenvalue weighted by molar-refractivity contribution is 0.0782. The fourth-order valence-electron chi connectivity index (χ4n) is 1.73. The van der Waals surface area contributed by atoms with Crippen LogP contribution in [0, 0.1) is 6.92 Å². The van der Waals surface area contributed by atoms with Crippen LogP contribution in [-0.2, 0) is 3.83 Å². The normalized spacial score (nSPS) is 10.0. The molecule has 17 heavy (non-hydrogen) atoms. The zero-order valence-electron chi connectivity index (χ0n) is 9.31. The van der Waals surface area contributed by atoms with Crippen LogP contribution in [0.5, 0.6) is 0 Å². The van der Waals surface area contributed by atoms with E-state index in [1.54, 1.807) is 6.07 Å². The zero-order chi connectivity index (χ0) is 12.3. The van der Waals surface area contributed by atoms with E-state index in [0.29, 0.717) is 5.56 Å². The van der Waals surface area contributed by atoms with Crippen LogP contribution in [0.2, 0.25) is 0 Å². The summed E-state index contributed by atoms with van der Waals surface area (Å²) in [5.74, 6) is -0.385. The number of halogens is 1. The van der Waals surface area contributed by atoms with Gasteiger partial charge >= 0.3 is 5.97 Å². The van der Waals surface area contributed by atoms with Crippen molar-refractivity contribution in [2.45, 2.75) is 6.92 Å². The molecular formula is C14H11BrO2. The number of aryl methyl sites for hydroxylation is 1. The van der Waals surface area contributed by atoms with E-state index < -0.39 is 0 Å². The van der Waals surface area contributed by atoms with Crippen molar-refractivity contribution < 1.29 is 8.62 Å². The Morgan fingerprint density at radius 2 is 1.82 bits per heavy atom. The number of hydrogen-bond donors (Lipinski definition) is 0. The molecule has 2 aromatic rings. The van der Waals surface area contributed by atoms with Crippen molar-refractivity contribution in [3.8, 4) is 11.1 Å². The quantitative estimate of drug-likeness (QED) is 0.831. The van der Waals surface area contributed by atoms with Gasteiger partial charge in [-0.3, -0.25) is 0 Å². The fourth-order valence-corrected chi connectivity index (χ4v) is 1.91. The molecule has 0 aromatic heterocycles. The first-order valence-corrected chi connectivity index (χ1v) is 5.86. The van der Waals surface area contributed by atoms with Crippen LogP contribution in [0.3, 0.4) is 0 Å². The van der Waals surface area contributed by atoms with E-state index in [4.69, 9.17) is 0 Å². The van der Waals surface area contributed by atoms with Crippen LogP contribution in [-0.4, -0.2) is 5.97 Å². The molecule has 2 aromatic carbocycles. The minimum Gasteiger partial charge on any atom is -0.380 e. The number of carbonyl (C=O) groups excluding carboxylic acids is 1. The van der Waals surface area contributed by atoms with E-state index in [1.165, 1.54) is 0 Å². The van der Waals surface area contributed by atoms with Gasteiger partial charge in [-0.15, -0.1) is 0 Å². The van der Waals surface area contributed by atoms with Crippen LogP contribution < -0.4 is 0 Å². The van der Waals surface area contributed by atoms with E-state index in [9.17, 15) is 4.79 Å². The molecule has 0 unspecified atom stereocenters. The average molecular weight is 291 g/mol. The van der Waals surface area contributed by atoms with Crippen molar-refractivity contribution in [3.05, 3.63) is 59.7 Å². The summed E-state index contributed by atoms with van der Waals surface area (Å²) in [4.78, 5) is 11.6. The summed E-state index contributed by atoms with van der Waals surface area (Å²) in [5.41, 5.74) is 3.55. The highest BCUT2D eigenvalue weighted by Gasteiger charge is 2.13. The topological polar surface area (TPSA) is 26.3 Å². The first kappa shape index (κ1) is 11.9. The number of hydrogen-bond acceptors (Lipinski definition) is 2. The highest BCUT2D eigenvalue weighted by Crippen LogP contribution is 2.25. The molecule has 0 N–H and O–H groups in total. The zero-order valence-corrected chi connectivity index (χ0v) is 10.9. The van der Waals surface area contributed by atoms with E-state index in [0.717, 1.165) is 16.7 Å². The van der Waals surface area contributed by atoms with Crippen LogP contribution >= 0.6 is 16.3 Å². The van der Waals surface area contributed by atoms with Crippen molar-refractivity contribution in [2.75, 3.05) is 0 Å². The van der Waals surface area contributed by atoms with E-state index in [1.807, 2.05) is 49.4 Å². The molecule has 0 aliphatic rings. The standard InChI is InChI=1S/C14H11BrO2/c1-10-7-8-12(14(16)17-15)13(9-10)11-5-3-2-4-6-11/h2-9H,1H3. The predicted molar refractivity (Wildman–Crippen MR) is 71.0 cm³/mol. The van der Waals surface area contributed by atoms with Crippen molar-refractivity contribution in [3.63, 3.8) is 0 Å². The van der Waals surface area contributed by atoms with Gasteiger partial charge in [0.15, 0.2) is 16.3 Å². The summed E-state index contributed by atoms with van der Waals surface area (Å²) < 4.78 is 4.61. The van der Waals surface area contributed by atoms with Crippen molar-refractivity contribution in [2.24, 2.45) is 0 Å². The molecule has 0 spiro atoms. The Morgan fingerprint density at radius 3 is 2.47 bits per heavy atom. The van der Waals surface area contributed by atoms with Crippen molar-refractivity contribution >= 4 is 22.2 Å². The number of rotatable bonds is 2. The van der Waals surface area contributed by atoms with Gasteiger partial charge in [-0.2, -0.15) is 0 Å². The van der Waals surface area contributed by atoms with Crippen LogP contribution in [0.15, 0.2) is 48.5 Å².